The molecule has 0 aliphatic carbocycles. The van der Waals surface area contributed by atoms with Gasteiger partial charge in [0.05, 0.1) is 7.11 Å². The maximum atomic E-state index is 12.6. The lowest BCUT2D eigenvalue weighted by atomic mass is 10.1. The lowest BCUT2D eigenvalue weighted by molar-refractivity contribution is 0.0535. The largest absolute Gasteiger partial charge is 0.508 e. The number of carbonyl (C=O) groups is 2. The highest BCUT2D eigenvalue weighted by atomic mass is 16.5. The lowest BCUT2D eigenvalue weighted by Gasteiger charge is -2.35. The number of nitrogens with zero attached hydrogens (tertiary/aromatic N) is 2. The summed E-state index contributed by atoms with van der Waals surface area (Å²) in [6, 6.07) is 10.7. The van der Waals surface area contributed by atoms with Gasteiger partial charge in [-0.2, -0.15) is 0 Å². The molecule has 2 amide bonds. The monoisotopic (exact) mass is 356 g/mol. The number of hydrogen-bond donors (Lipinski definition) is 2. The molecule has 1 fully saturated rings. The molecule has 1 saturated heterocycles. The number of hydrogen-bond acceptors (Lipinski definition) is 5. The van der Waals surface area contributed by atoms with Gasteiger partial charge in [-0.15, -0.1) is 0 Å². The van der Waals surface area contributed by atoms with E-state index in [9.17, 15) is 19.8 Å². The van der Waals surface area contributed by atoms with Crippen LogP contribution in [0.5, 0.6) is 17.2 Å². The average Bonchev–Trinajstić information content (AvgIpc) is 2.66. The third-order valence-corrected chi connectivity index (χ3v) is 4.34. The predicted octanol–water partition coefficient (Wildman–Crippen LogP) is 1.70. The van der Waals surface area contributed by atoms with Gasteiger partial charge in [-0.3, -0.25) is 9.59 Å². The fourth-order valence-electron chi connectivity index (χ4n) is 2.93. The van der Waals surface area contributed by atoms with Crippen LogP contribution in [0, 0.1) is 0 Å². The van der Waals surface area contributed by atoms with Gasteiger partial charge in [-0.05, 0) is 36.4 Å². The van der Waals surface area contributed by atoms with Gasteiger partial charge < -0.3 is 24.7 Å². The first-order chi connectivity index (χ1) is 12.5. The number of carbonyl (C=O) groups excluding carboxylic acids is 2. The smallest absolute Gasteiger partial charge is 0.254 e. The molecule has 26 heavy (non-hydrogen) atoms. The van der Waals surface area contributed by atoms with E-state index in [2.05, 4.69) is 0 Å². The summed E-state index contributed by atoms with van der Waals surface area (Å²) < 4.78 is 5.09. The van der Waals surface area contributed by atoms with Crippen molar-refractivity contribution in [2.24, 2.45) is 0 Å². The Morgan fingerprint density at radius 1 is 0.808 bits per heavy atom. The highest BCUT2D eigenvalue weighted by Crippen LogP contribution is 2.22. The van der Waals surface area contributed by atoms with Crippen molar-refractivity contribution in [3.8, 4) is 17.2 Å². The molecular formula is C19H20N2O5. The summed E-state index contributed by atoms with van der Waals surface area (Å²) >= 11 is 0. The highest BCUT2D eigenvalue weighted by molar-refractivity contribution is 5.96. The number of methoxy groups -OCH3 is 1. The quantitative estimate of drug-likeness (QED) is 0.874. The molecule has 0 radical (unpaired) electrons. The van der Waals surface area contributed by atoms with E-state index in [4.69, 9.17) is 4.74 Å². The third-order valence-electron chi connectivity index (χ3n) is 4.34. The van der Waals surface area contributed by atoms with E-state index >= 15 is 0 Å². The SMILES string of the molecule is COc1ccc(C(=O)N2CCN(C(=O)c3cc(O)cc(O)c3)CC2)cc1. The van der Waals surface area contributed by atoms with Gasteiger partial charge in [-0.1, -0.05) is 0 Å². The average molecular weight is 356 g/mol. The number of benzene rings is 2. The Labute approximate surface area is 151 Å². The van der Waals surface area contributed by atoms with Crippen molar-refractivity contribution in [2.45, 2.75) is 0 Å². The molecule has 1 heterocycles. The van der Waals surface area contributed by atoms with Crippen molar-refractivity contribution in [1.82, 2.24) is 9.80 Å². The van der Waals surface area contributed by atoms with Gasteiger partial charge in [0.15, 0.2) is 0 Å². The standard InChI is InChI=1S/C19H20N2O5/c1-26-17-4-2-13(3-5-17)18(24)20-6-8-21(9-7-20)19(25)14-10-15(22)12-16(23)11-14/h2-5,10-12,22-23H,6-9H2,1H3. The molecule has 0 spiro atoms. The van der Waals surface area contributed by atoms with Crippen molar-refractivity contribution in [1.29, 1.82) is 0 Å². The van der Waals surface area contributed by atoms with Crippen molar-refractivity contribution in [2.75, 3.05) is 33.3 Å². The van der Waals surface area contributed by atoms with Crippen LogP contribution in [0.1, 0.15) is 20.7 Å². The second-order valence-corrected chi connectivity index (χ2v) is 6.05. The van der Waals surface area contributed by atoms with Crippen LogP contribution >= 0.6 is 0 Å². The van der Waals surface area contributed by atoms with Crippen LogP contribution in [0.4, 0.5) is 0 Å². The van der Waals surface area contributed by atoms with Crippen LogP contribution in [0.25, 0.3) is 0 Å². The Hall–Kier alpha value is -3.22. The molecular weight excluding hydrogens is 336 g/mol. The van der Waals surface area contributed by atoms with Crippen LogP contribution < -0.4 is 4.74 Å². The number of phenols is 2. The zero-order valence-corrected chi connectivity index (χ0v) is 14.4. The molecule has 136 valence electrons. The molecule has 0 unspecified atom stereocenters. The van der Waals surface area contributed by atoms with Gasteiger partial charge >= 0.3 is 0 Å². The Bertz CT molecular complexity index is 791. The molecule has 0 atom stereocenters. The Morgan fingerprint density at radius 3 is 1.73 bits per heavy atom. The minimum atomic E-state index is -0.284. The topological polar surface area (TPSA) is 90.3 Å². The third kappa shape index (κ3) is 3.72. The normalized spacial score (nSPS) is 14.2. The van der Waals surface area contributed by atoms with E-state index in [1.54, 1.807) is 41.2 Å². The second-order valence-electron chi connectivity index (χ2n) is 6.05. The molecule has 1 aliphatic rings. The van der Waals surface area contributed by atoms with Crippen molar-refractivity contribution in [3.63, 3.8) is 0 Å². The summed E-state index contributed by atoms with van der Waals surface area (Å²) in [5.74, 6) is -0.0165. The van der Waals surface area contributed by atoms with Crippen LogP contribution in [0.3, 0.4) is 0 Å². The first-order valence-corrected chi connectivity index (χ1v) is 8.23. The first-order valence-electron chi connectivity index (χ1n) is 8.23. The van der Waals surface area contributed by atoms with Gasteiger partial charge in [0.25, 0.3) is 11.8 Å². The maximum Gasteiger partial charge on any atom is 0.254 e. The Balaban J connectivity index is 1.62. The van der Waals surface area contributed by atoms with Crippen LogP contribution in [0.2, 0.25) is 0 Å². The summed E-state index contributed by atoms with van der Waals surface area (Å²) in [5.41, 5.74) is 0.793. The number of phenolic OH excluding ortho intramolecular Hbond substituents is 2. The second kappa shape index (κ2) is 7.35. The fourth-order valence-corrected chi connectivity index (χ4v) is 2.93. The summed E-state index contributed by atoms with van der Waals surface area (Å²) in [5, 5.41) is 19.1. The number of ether oxygens (including phenoxy) is 1. The van der Waals surface area contributed by atoms with Crippen LogP contribution in [-0.4, -0.2) is 65.1 Å². The maximum absolute atomic E-state index is 12.6. The molecule has 0 bridgehead atoms. The molecule has 7 nitrogen and oxygen atoms in total. The molecule has 7 heteroatoms. The molecule has 2 N–H and O–H groups in total. The Morgan fingerprint density at radius 2 is 1.27 bits per heavy atom. The Kier molecular flexibility index (Phi) is 4.97. The van der Waals surface area contributed by atoms with E-state index in [-0.39, 0.29) is 28.9 Å². The molecule has 1 aliphatic heterocycles. The number of amides is 2. The van der Waals surface area contributed by atoms with E-state index in [1.165, 1.54) is 18.2 Å². The van der Waals surface area contributed by atoms with E-state index in [0.717, 1.165) is 0 Å². The molecule has 0 aromatic heterocycles. The first kappa shape index (κ1) is 17.6. The molecule has 2 aromatic carbocycles. The lowest BCUT2D eigenvalue weighted by Crippen LogP contribution is -2.50. The van der Waals surface area contributed by atoms with E-state index in [1.807, 2.05) is 0 Å². The minimum Gasteiger partial charge on any atom is -0.508 e. The summed E-state index contributed by atoms with van der Waals surface area (Å²) in [6.45, 7) is 1.61. The van der Waals surface area contributed by atoms with Crippen molar-refractivity contribution < 1.29 is 24.5 Å². The summed E-state index contributed by atoms with van der Waals surface area (Å²) in [6.07, 6.45) is 0. The van der Waals surface area contributed by atoms with Crippen molar-refractivity contribution >= 4 is 11.8 Å². The van der Waals surface area contributed by atoms with Gasteiger partial charge in [0.2, 0.25) is 0 Å². The number of rotatable bonds is 3. The summed E-state index contributed by atoms with van der Waals surface area (Å²) in [4.78, 5) is 28.4. The number of aromatic hydroxyl groups is 2. The summed E-state index contributed by atoms with van der Waals surface area (Å²) in [7, 11) is 1.57. The van der Waals surface area contributed by atoms with Gasteiger partial charge in [-0.25, -0.2) is 0 Å². The van der Waals surface area contributed by atoms with Crippen molar-refractivity contribution in [3.05, 3.63) is 53.6 Å². The van der Waals surface area contributed by atoms with Crippen LogP contribution in [-0.2, 0) is 0 Å². The van der Waals surface area contributed by atoms with Crippen LogP contribution in [0.15, 0.2) is 42.5 Å². The van der Waals surface area contributed by atoms with Gasteiger partial charge in [0.1, 0.15) is 17.2 Å². The van der Waals surface area contributed by atoms with Gasteiger partial charge in [0, 0.05) is 43.4 Å². The zero-order valence-electron chi connectivity index (χ0n) is 14.4. The zero-order chi connectivity index (χ0) is 18.7. The fraction of sp³-hybridized carbons (Fsp3) is 0.263. The van der Waals surface area contributed by atoms with E-state index < -0.39 is 0 Å². The minimum absolute atomic E-state index is 0.0882. The van der Waals surface area contributed by atoms with E-state index in [0.29, 0.717) is 37.5 Å². The number of piperazine rings is 1. The molecule has 3 rings (SSSR count). The molecule has 0 saturated carbocycles. The molecule has 2 aromatic rings. The predicted molar refractivity (Wildman–Crippen MR) is 94.6 cm³/mol. The highest BCUT2D eigenvalue weighted by Gasteiger charge is 2.26.